The molecule has 4 rings (SSSR count). The van der Waals surface area contributed by atoms with Crippen LogP contribution < -0.4 is 14.7 Å². The minimum atomic E-state index is -1.49. The van der Waals surface area contributed by atoms with Crippen LogP contribution in [0.1, 0.15) is 48.1 Å². The monoisotopic (exact) mass is 522 g/mol. The lowest BCUT2D eigenvalue weighted by atomic mass is 9.71. The van der Waals surface area contributed by atoms with Gasteiger partial charge in [-0.15, -0.1) is 0 Å². The summed E-state index contributed by atoms with van der Waals surface area (Å²) in [4.78, 5) is 0. The molecule has 38 heavy (non-hydrogen) atoms. The smallest absolute Gasteiger partial charge is 0.119 e. The van der Waals surface area contributed by atoms with Crippen LogP contribution in [0.15, 0.2) is 97.1 Å². The zero-order valence-corrected chi connectivity index (χ0v) is 24.9. The van der Waals surface area contributed by atoms with Crippen molar-refractivity contribution in [1.82, 2.24) is 0 Å². The molecule has 4 aromatic rings. The Kier molecular flexibility index (Phi) is 8.79. The molecule has 0 spiro atoms. The number of ether oxygens (including phenoxy) is 2. The number of hydrogen-bond donors (Lipinski definition) is 0. The first-order valence-electron chi connectivity index (χ1n) is 13.8. The summed E-state index contributed by atoms with van der Waals surface area (Å²) in [5, 5.41) is 1.55. The largest absolute Gasteiger partial charge is 0.494 e. The third kappa shape index (κ3) is 6.39. The summed E-state index contributed by atoms with van der Waals surface area (Å²) in [5.41, 5.74) is 6.18. The Hall–Kier alpha value is -3.30. The molecule has 0 radical (unpaired) electrons. The van der Waals surface area contributed by atoms with Crippen LogP contribution in [0.5, 0.6) is 11.5 Å². The van der Waals surface area contributed by atoms with Crippen molar-refractivity contribution in [1.29, 1.82) is 0 Å². The van der Waals surface area contributed by atoms with E-state index in [1.165, 1.54) is 33.9 Å². The summed E-state index contributed by atoms with van der Waals surface area (Å²) in [5.74, 6) is 1.83. The molecule has 0 amide bonds. The van der Waals surface area contributed by atoms with Crippen molar-refractivity contribution >= 4 is 13.3 Å². The Morgan fingerprint density at radius 3 is 1.68 bits per heavy atom. The molecule has 2 nitrogen and oxygen atoms in total. The first-order chi connectivity index (χ1) is 18.2. The van der Waals surface area contributed by atoms with E-state index < -0.39 is 8.07 Å². The maximum atomic E-state index is 6.21. The van der Waals surface area contributed by atoms with E-state index in [4.69, 9.17) is 9.47 Å². The second-order valence-electron chi connectivity index (χ2n) is 11.2. The van der Waals surface area contributed by atoms with Crippen LogP contribution in [0.2, 0.25) is 19.1 Å². The molecular formula is C35H42O2Si. The van der Waals surface area contributed by atoms with Gasteiger partial charge in [0.25, 0.3) is 0 Å². The molecule has 1 atom stereocenters. The summed E-state index contributed by atoms with van der Waals surface area (Å²) in [6, 6.07) is 36.2. The lowest BCUT2D eigenvalue weighted by Gasteiger charge is -2.32. The Labute approximate surface area is 230 Å². The molecule has 198 valence electrons. The predicted molar refractivity (Wildman–Crippen MR) is 164 cm³/mol. The number of aryl methyl sites for hydroxylation is 2. The van der Waals surface area contributed by atoms with E-state index in [9.17, 15) is 0 Å². The average molecular weight is 523 g/mol. The van der Waals surface area contributed by atoms with Gasteiger partial charge in [0.2, 0.25) is 0 Å². The highest BCUT2D eigenvalue weighted by Crippen LogP contribution is 2.40. The van der Waals surface area contributed by atoms with Crippen molar-refractivity contribution in [2.75, 3.05) is 13.2 Å². The van der Waals surface area contributed by atoms with Gasteiger partial charge in [0.1, 0.15) is 11.5 Å². The van der Waals surface area contributed by atoms with E-state index in [0.717, 1.165) is 24.5 Å². The molecule has 3 heteroatoms. The molecule has 0 aliphatic rings. The van der Waals surface area contributed by atoms with Gasteiger partial charge >= 0.3 is 0 Å². The molecule has 4 aromatic carbocycles. The van der Waals surface area contributed by atoms with Crippen LogP contribution in [0.4, 0.5) is 0 Å². The highest BCUT2D eigenvalue weighted by atomic mass is 28.3. The average Bonchev–Trinajstić information content (AvgIpc) is 2.91. The quantitative estimate of drug-likeness (QED) is 0.112. The molecular weight excluding hydrogens is 480 g/mol. The van der Waals surface area contributed by atoms with Gasteiger partial charge in [-0.25, -0.2) is 0 Å². The van der Waals surface area contributed by atoms with E-state index in [2.05, 4.69) is 131 Å². The minimum absolute atomic E-state index is 0.286. The Morgan fingerprint density at radius 1 is 0.658 bits per heavy atom. The fourth-order valence-electron chi connectivity index (χ4n) is 5.42. The molecule has 0 aliphatic carbocycles. The van der Waals surface area contributed by atoms with Gasteiger partial charge in [-0.3, -0.25) is 0 Å². The van der Waals surface area contributed by atoms with Gasteiger partial charge in [0.15, 0.2) is 0 Å². The van der Waals surface area contributed by atoms with Crippen molar-refractivity contribution in [3.63, 3.8) is 0 Å². The highest BCUT2D eigenvalue weighted by molar-refractivity contribution is 6.89. The number of rotatable bonds is 11. The number of benzene rings is 4. The summed E-state index contributed by atoms with van der Waals surface area (Å²) < 4.78 is 11.9. The molecule has 0 saturated heterocycles. The minimum Gasteiger partial charge on any atom is -0.494 e. The van der Waals surface area contributed by atoms with Crippen molar-refractivity contribution in [3.8, 4) is 11.5 Å². The normalized spacial score (nSPS) is 13.1. The maximum Gasteiger partial charge on any atom is 0.119 e. The molecule has 0 N–H and O–H groups in total. The van der Waals surface area contributed by atoms with Crippen molar-refractivity contribution < 1.29 is 9.47 Å². The van der Waals surface area contributed by atoms with E-state index in [1.54, 1.807) is 5.19 Å². The summed E-state index contributed by atoms with van der Waals surface area (Å²) in [6.45, 7) is 15.1. The molecule has 0 aromatic heterocycles. The first kappa shape index (κ1) is 27.7. The van der Waals surface area contributed by atoms with Crippen molar-refractivity contribution in [2.24, 2.45) is 0 Å². The Balaban J connectivity index is 1.46. The predicted octanol–water partition coefficient (Wildman–Crippen LogP) is 8.44. The molecule has 0 bridgehead atoms. The third-order valence-electron chi connectivity index (χ3n) is 7.74. The third-order valence-corrected chi connectivity index (χ3v) is 11.2. The van der Waals surface area contributed by atoms with E-state index in [1.807, 2.05) is 6.92 Å². The fraction of sp³-hybridized carbons (Fsp3) is 0.314. The fourth-order valence-corrected chi connectivity index (χ4v) is 7.97. The second-order valence-corrected chi connectivity index (χ2v) is 16.0. The summed E-state index contributed by atoms with van der Waals surface area (Å²) >= 11 is 0. The zero-order valence-electron chi connectivity index (χ0n) is 23.9. The van der Waals surface area contributed by atoms with Crippen molar-refractivity contribution in [2.45, 2.75) is 58.7 Å². The summed E-state index contributed by atoms with van der Waals surface area (Å²) in [6.07, 6.45) is 1.07. The highest BCUT2D eigenvalue weighted by Gasteiger charge is 2.31. The van der Waals surface area contributed by atoms with Crippen LogP contribution in [-0.4, -0.2) is 21.3 Å². The molecule has 1 unspecified atom stereocenters. The van der Waals surface area contributed by atoms with Gasteiger partial charge in [-0.1, -0.05) is 108 Å². The van der Waals surface area contributed by atoms with Crippen LogP contribution in [0.3, 0.4) is 0 Å². The van der Waals surface area contributed by atoms with Crippen LogP contribution in [0.25, 0.3) is 0 Å². The first-order valence-corrected chi connectivity index (χ1v) is 17.0. The van der Waals surface area contributed by atoms with E-state index in [0.29, 0.717) is 6.61 Å². The maximum absolute atomic E-state index is 6.21. The molecule has 0 aliphatic heterocycles. The summed E-state index contributed by atoms with van der Waals surface area (Å²) in [7, 11) is -1.49. The van der Waals surface area contributed by atoms with Crippen LogP contribution >= 0.6 is 0 Å². The molecule has 0 heterocycles. The lowest BCUT2D eigenvalue weighted by molar-refractivity contribution is 0.316. The van der Waals surface area contributed by atoms with E-state index >= 15 is 0 Å². The molecule has 0 saturated carbocycles. The van der Waals surface area contributed by atoms with Gasteiger partial charge < -0.3 is 9.47 Å². The van der Waals surface area contributed by atoms with Crippen LogP contribution in [0, 0.1) is 13.8 Å². The number of hydrogen-bond acceptors (Lipinski definition) is 2. The van der Waals surface area contributed by atoms with Crippen molar-refractivity contribution in [3.05, 3.63) is 125 Å². The van der Waals surface area contributed by atoms with Gasteiger partial charge in [0, 0.05) is 5.41 Å². The zero-order chi connectivity index (χ0) is 27.2. The van der Waals surface area contributed by atoms with Gasteiger partial charge in [-0.05, 0) is 75.1 Å². The van der Waals surface area contributed by atoms with E-state index in [-0.39, 0.29) is 5.41 Å². The Bertz CT molecular complexity index is 1290. The second kappa shape index (κ2) is 12.0. The van der Waals surface area contributed by atoms with Gasteiger partial charge in [-0.2, -0.15) is 0 Å². The topological polar surface area (TPSA) is 18.5 Å². The lowest BCUT2D eigenvalue weighted by Crippen LogP contribution is -2.41. The van der Waals surface area contributed by atoms with Gasteiger partial charge in [0.05, 0.1) is 21.3 Å². The SMILES string of the molecule is CCOc1ccc(C(C)(c2ccccc2)c2ccc(OCCC[Si](C)(C)c3cc(C)cc(C)c3)cc2)cc1. The van der Waals surface area contributed by atoms with Crippen LogP contribution in [-0.2, 0) is 5.41 Å². The standard InChI is InChI=1S/C35H42O2Si/c1-7-36-32-18-14-30(15-19-32)35(4,29-12-9-8-10-13-29)31-16-20-33(21-17-31)37-22-11-23-38(5,6)34-25-27(2)24-28(3)26-34/h8-10,12-21,24-26H,7,11,22-23H2,1-6H3. The molecule has 0 fully saturated rings. The Morgan fingerprint density at radius 2 is 1.16 bits per heavy atom.